The number of aromatic nitrogens is 4. The van der Waals surface area contributed by atoms with Gasteiger partial charge in [-0.15, -0.1) is 5.10 Å². The average molecular weight is 261 g/mol. The van der Waals surface area contributed by atoms with Crippen LogP contribution in [0.1, 0.15) is 26.2 Å². The Balaban J connectivity index is 1.92. The maximum absolute atomic E-state index is 13.2. The number of halogens is 1. The maximum Gasteiger partial charge on any atom is 0.182 e. The van der Waals surface area contributed by atoms with Crippen molar-refractivity contribution in [1.29, 1.82) is 0 Å². The van der Waals surface area contributed by atoms with Crippen LogP contribution in [-0.2, 0) is 6.54 Å². The number of nitrogens with two attached hydrogens (primary N) is 1. The molecule has 100 valence electrons. The standard InChI is InChI=1S/C13H16FN5/c1-13(5-2-6-13)8-19-12(16-17-18-19)9-3-4-10(14)11(15)7-9/h3-4,7H,2,5-6,8,15H2,1H3. The molecule has 6 heteroatoms. The first-order chi connectivity index (χ1) is 9.07. The molecule has 1 aromatic carbocycles. The van der Waals surface area contributed by atoms with Gasteiger partial charge in [0.2, 0.25) is 0 Å². The molecule has 1 heterocycles. The normalized spacial score (nSPS) is 17.2. The summed E-state index contributed by atoms with van der Waals surface area (Å²) in [7, 11) is 0. The van der Waals surface area contributed by atoms with Crippen molar-refractivity contribution in [2.75, 3.05) is 5.73 Å². The van der Waals surface area contributed by atoms with Crippen LogP contribution in [0.3, 0.4) is 0 Å². The summed E-state index contributed by atoms with van der Waals surface area (Å²) in [5.41, 5.74) is 6.72. The van der Waals surface area contributed by atoms with E-state index in [4.69, 9.17) is 5.73 Å². The number of nitrogen functional groups attached to an aromatic ring is 1. The number of tetrazole rings is 1. The van der Waals surface area contributed by atoms with Crippen molar-refractivity contribution in [3.8, 4) is 11.4 Å². The van der Waals surface area contributed by atoms with E-state index in [1.54, 1.807) is 16.8 Å². The molecule has 19 heavy (non-hydrogen) atoms. The zero-order chi connectivity index (χ0) is 13.5. The fourth-order valence-electron chi connectivity index (χ4n) is 2.50. The molecule has 0 unspecified atom stereocenters. The fourth-order valence-corrected chi connectivity index (χ4v) is 2.50. The van der Waals surface area contributed by atoms with Crippen molar-refractivity contribution >= 4 is 5.69 Å². The third-order valence-electron chi connectivity index (χ3n) is 3.88. The van der Waals surface area contributed by atoms with Gasteiger partial charge in [0.15, 0.2) is 5.82 Å². The highest BCUT2D eigenvalue weighted by molar-refractivity contribution is 5.61. The largest absolute Gasteiger partial charge is 0.396 e. The van der Waals surface area contributed by atoms with E-state index in [1.807, 2.05) is 0 Å². The predicted octanol–water partition coefficient (Wildman–Crippen LogP) is 2.25. The van der Waals surface area contributed by atoms with Crippen molar-refractivity contribution in [2.24, 2.45) is 5.41 Å². The van der Waals surface area contributed by atoms with Crippen molar-refractivity contribution in [1.82, 2.24) is 20.2 Å². The summed E-state index contributed by atoms with van der Waals surface area (Å²) in [6.45, 7) is 3.02. The second-order valence-electron chi connectivity index (χ2n) is 5.56. The first-order valence-electron chi connectivity index (χ1n) is 6.39. The molecule has 2 N–H and O–H groups in total. The minimum absolute atomic E-state index is 0.113. The van der Waals surface area contributed by atoms with Crippen LogP contribution in [0.25, 0.3) is 11.4 Å². The first kappa shape index (κ1) is 12.1. The van der Waals surface area contributed by atoms with Crippen LogP contribution in [0.5, 0.6) is 0 Å². The Morgan fingerprint density at radius 1 is 1.42 bits per heavy atom. The molecule has 2 aromatic rings. The predicted molar refractivity (Wildman–Crippen MR) is 69.6 cm³/mol. The summed E-state index contributed by atoms with van der Waals surface area (Å²) in [5.74, 6) is 0.216. The zero-order valence-corrected chi connectivity index (χ0v) is 10.8. The van der Waals surface area contributed by atoms with Gasteiger partial charge < -0.3 is 5.73 Å². The first-order valence-corrected chi connectivity index (χ1v) is 6.39. The second-order valence-corrected chi connectivity index (χ2v) is 5.56. The van der Waals surface area contributed by atoms with Crippen molar-refractivity contribution in [2.45, 2.75) is 32.7 Å². The van der Waals surface area contributed by atoms with Gasteiger partial charge in [-0.05, 0) is 46.9 Å². The van der Waals surface area contributed by atoms with Crippen LogP contribution < -0.4 is 5.73 Å². The summed E-state index contributed by atoms with van der Waals surface area (Å²) in [6.07, 6.45) is 3.65. The van der Waals surface area contributed by atoms with Crippen LogP contribution in [0.2, 0.25) is 0 Å². The van der Waals surface area contributed by atoms with Crippen molar-refractivity contribution < 1.29 is 4.39 Å². The molecular formula is C13H16FN5. The average Bonchev–Trinajstić information content (AvgIpc) is 2.79. The lowest BCUT2D eigenvalue weighted by molar-refractivity contribution is 0.126. The molecule has 0 spiro atoms. The minimum Gasteiger partial charge on any atom is -0.396 e. The SMILES string of the molecule is CC1(Cn2nnnc2-c2ccc(F)c(N)c2)CCC1. The molecule has 0 bridgehead atoms. The summed E-state index contributed by atoms with van der Waals surface area (Å²) >= 11 is 0. The minimum atomic E-state index is -0.422. The van der Waals surface area contributed by atoms with E-state index in [-0.39, 0.29) is 11.1 Å². The number of hydrogen-bond acceptors (Lipinski definition) is 4. The molecule has 0 radical (unpaired) electrons. The Kier molecular flexibility index (Phi) is 2.73. The van der Waals surface area contributed by atoms with E-state index in [0.29, 0.717) is 5.82 Å². The lowest BCUT2D eigenvalue weighted by Gasteiger charge is -2.38. The smallest absolute Gasteiger partial charge is 0.182 e. The number of rotatable bonds is 3. The number of hydrogen-bond donors (Lipinski definition) is 1. The molecule has 0 saturated heterocycles. The van der Waals surface area contributed by atoms with Crippen molar-refractivity contribution in [3.63, 3.8) is 0 Å². The highest BCUT2D eigenvalue weighted by Gasteiger charge is 2.33. The Bertz CT molecular complexity index is 603. The van der Waals surface area contributed by atoms with Crippen molar-refractivity contribution in [3.05, 3.63) is 24.0 Å². The number of anilines is 1. The van der Waals surface area contributed by atoms with Gasteiger partial charge in [-0.3, -0.25) is 0 Å². The topological polar surface area (TPSA) is 69.6 Å². The van der Waals surface area contributed by atoms with Gasteiger partial charge in [-0.25, -0.2) is 9.07 Å². The molecule has 3 rings (SSSR count). The summed E-state index contributed by atoms with van der Waals surface area (Å²) in [4.78, 5) is 0. The monoisotopic (exact) mass is 261 g/mol. The lowest BCUT2D eigenvalue weighted by Crippen LogP contribution is -2.31. The van der Waals surface area contributed by atoms with E-state index in [0.717, 1.165) is 12.1 Å². The van der Waals surface area contributed by atoms with Crippen LogP contribution in [-0.4, -0.2) is 20.2 Å². The Hall–Kier alpha value is -1.98. The van der Waals surface area contributed by atoms with E-state index < -0.39 is 5.82 Å². The van der Waals surface area contributed by atoms with Gasteiger partial charge >= 0.3 is 0 Å². The second kappa shape index (κ2) is 4.29. The van der Waals surface area contributed by atoms with E-state index in [2.05, 4.69) is 22.4 Å². The Labute approximate surface area is 110 Å². The van der Waals surface area contributed by atoms with Crippen LogP contribution in [0, 0.1) is 11.2 Å². The highest BCUT2D eigenvalue weighted by Crippen LogP contribution is 2.42. The molecule has 1 aliphatic rings. The Morgan fingerprint density at radius 3 is 2.84 bits per heavy atom. The third kappa shape index (κ3) is 2.18. The summed E-state index contributed by atoms with van der Waals surface area (Å²) in [6, 6.07) is 4.56. The molecule has 0 amide bonds. The van der Waals surface area contributed by atoms with Gasteiger partial charge in [0, 0.05) is 5.56 Å². The molecule has 1 aromatic heterocycles. The number of benzene rings is 1. The van der Waals surface area contributed by atoms with Gasteiger partial charge in [0.05, 0.1) is 12.2 Å². The van der Waals surface area contributed by atoms with Crippen LogP contribution in [0.15, 0.2) is 18.2 Å². The highest BCUT2D eigenvalue weighted by atomic mass is 19.1. The van der Waals surface area contributed by atoms with E-state index in [9.17, 15) is 4.39 Å². The fraction of sp³-hybridized carbons (Fsp3) is 0.462. The zero-order valence-electron chi connectivity index (χ0n) is 10.8. The van der Waals surface area contributed by atoms with Gasteiger partial charge in [-0.2, -0.15) is 0 Å². The van der Waals surface area contributed by atoms with Gasteiger partial charge in [0.25, 0.3) is 0 Å². The molecule has 1 saturated carbocycles. The quantitative estimate of drug-likeness (QED) is 0.860. The molecule has 0 aliphatic heterocycles. The molecule has 1 aliphatic carbocycles. The van der Waals surface area contributed by atoms with Gasteiger partial charge in [-0.1, -0.05) is 13.3 Å². The summed E-state index contributed by atoms with van der Waals surface area (Å²) < 4.78 is 15.0. The molecular weight excluding hydrogens is 245 g/mol. The Morgan fingerprint density at radius 2 is 2.21 bits per heavy atom. The maximum atomic E-state index is 13.2. The van der Waals surface area contributed by atoms with Gasteiger partial charge in [0.1, 0.15) is 5.82 Å². The van der Waals surface area contributed by atoms with Crippen LogP contribution >= 0.6 is 0 Å². The number of nitrogens with zero attached hydrogens (tertiary/aromatic N) is 4. The summed E-state index contributed by atoms with van der Waals surface area (Å²) in [5, 5.41) is 11.8. The van der Waals surface area contributed by atoms with E-state index >= 15 is 0 Å². The molecule has 5 nitrogen and oxygen atoms in total. The lowest BCUT2D eigenvalue weighted by atomic mass is 9.70. The van der Waals surface area contributed by atoms with Crippen LogP contribution in [0.4, 0.5) is 10.1 Å². The molecule has 1 fully saturated rings. The molecule has 0 atom stereocenters. The third-order valence-corrected chi connectivity index (χ3v) is 3.88. The van der Waals surface area contributed by atoms with E-state index in [1.165, 1.54) is 25.3 Å².